The first-order valence-corrected chi connectivity index (χ1v) is 7.91. The van der Waals surface area contributed by atoms with Gasteiger partial charge in [0.1, 0.15) is 0 Å². The fourth-order valence-corrected chi connectivity index (χ4v) is 3.50. The highest BCUT2D eigenvalue weighted by molar-refractivity contribution is 7.99. The van der Waals surface area contributed by atoms with E-state index in [9.17, 15) is 4.79 Å². The van der Waals surface area contributed by atoms with E-state index in [1.165, 1.54) is 4.90 Å². The summed E-state index contributed by atoms with van der Waals surface area (Å²) in [7, 11) is 0. The summed E-state index contributed by atoms with van der Waals surface area (Å²) in [5, 5.41) is 0.591. The number of carbonyl (C=O) groups is 1. The standard InChI is InChI=1S/C16H14ClNOS/c17-13-6-3-5-12(11-13)16(19)18-9-4-10-20-15-8-2-1-7-14(15)18/h1-3,5-8,11H,4,9-10H2. The van der Waals surface area contributed by atoms with Crippen LogP contribution in [0.3, 0.4) is 0 Å². The summed E-state index contributed by atoms with van der Waals surface area (Å²) in [6.07, 6.45) is 0.992. The molecule has 3 rings (SSSR count). The highest BCUT2D eigenvalue weighted by Gasteiger charge is 2.22. The second kappa shape index (κ2) is 5.90. The van der Waals surface area contributed by atoms with Gasteiger partial charge in [-0.1, -0.05) is 29.8 Å². The van der Waals surface area contributed by atoms with E-state index in [2.05, 4.69) is 6.07 Å². The monoisotopic (exact) mass is 303 g/mol. The predicted molar refractivity (Wildman–Crippen MR) is 84.9 cm³/mol. The van der Waals surface area contributed by atoms with Gasteiger partial charge in [0.2, 0.25) is 0 Å². The molecule has 0 unspecified atom stereocenters. The number of benzene rings is 2. The Hall–Kier alpha value is -1.45. The second-order valence-electron chi connectivity index (χ2n) is 4.64. The van der Waals surface area contributed by atoms with Crippen LogP contribution in [-0.4, -0.2) is 18.2 Å². The lowest BCUT2D eigenvalue weighted by Gasteiger charge is -2.22. The second-order valence-corrected chi connectivity index (χ2v) is 6.21. The van der Waals surface area contributed by atoms with Gasteiger partial charge in [-0.2, -0.15) is 0 Å². The van der Waals surface area contributed by atoms with Gasteiger partial charge in [0, 0.05) is 22.0 Å². The van der Waals surface area contributed by atoms with Gasteiger partial charge in [0.15, 0.2) is 0 Å². The van der Waals surface area contributed by atoms with Crippen LogP contribution in [0.2, 0.25) is 5.02 Å². The molecule has 1 amide bonds. The normalized spacial score (nSPS) is 14.6. The molecule has 0 spiro atoms. The van der Waals surface area contributed by atoms with E-state index in [0.29, 0.717) is 10.6 Å². The number of carbonyl (C=O) groups excluding carboxylic acids is 1. The molecule has 2 aromatic carbocycles. The van der Waals surface area contributed by atoms with E-state index < -0.39 is 0 Å². The number of para-hydroxylation sites is 1. The molecule has 2 aromatic rings. The molecular weight excluding hydrogens is 290 g/mol. The van der Waals surface area contributed by atoms with Crippen LogP contribution in [0.4, 0.5) is 5.69 Å². The number of nitrogens with zero attached hydrogens (tertiary/aromatic N) is 1. The van der Waals surface area contributed by atoms with Gasteiger partial charge in [-0.15, -0.1) is 11.8 Å². The van der Waals surface area contributed by atoms with Gasteiger partial charge in [0.25, 0.3) is 5.91 Å². The molecule has 0 aromatic heterocycles. The Labute approximate surface area is 127 Å². The number of halogens is 1. The van der Waals surface area contributed by atoms with Crippen LogP contribution < -0.4 is 4.90 Å². The van der Waals surface area contributed by atoms with Crippen molar-refractivity contribution in [2.45, 2.75) is 11.3 Å². The maximum absolute atomic E-state index is 12.7. The third-order valence-corrected chi connectivity index (χ3v) is 4.64. The number of hydrogen-bond donors (Lipinski definition) is 0. The minimum Gasteiger partial charge on any atom is -0.307 e. The zero-order valence-electron chi connectivity index (χ0n) is 10.9. The molecule has 0 atom stereocenters. The molecule has 0 aliphatic carbocycles. The molecule has 0 saturated carbocycles. The van der Waals surface area contributed by atoms with Crippen molar-refractivity contribution in [2.24, 2.45) is 0 Å². The van der Waals surface area contributed by atoms with E-state index >= 15 is 0 Å². The van der Waals surface area contributed by atoms with Crippen LogP contribution in [0, 0.1) is 0 Å². The molecule has 0 N–H and O–H groups in total. The van der Waals surface area contributed by atoms with Gasteiger partial charge < -0.3 is 4.90 Å². The zero-order chi connectivity index (χ0) is 13.9. The van der Waals surface area contributed by atoms with E-state index in [0.717, 1.165) is 24.4 Å². The van der Waals surface area contributed by atoms with Crippen LogP contribution in [0.15, 0.2) is 53.4 Å². The predicted octanol–water partition coefficient (Wildman–Crippen LogP) is 4.48. The molecule has 1 aliphatic heterocycles. The van der Waals surface area contributed by atoms with Crippen LogP contribution in [0.1, 0.15) is 16.8 Å². The zero-order valence-corrected chi connectivity index (χ0v) is 12.5. The molecule has 4 heteroatoms. The van der Waals surface area contributed by atoms with Crippen molar-refractivity contribution in [3.05, 3.63) is 59.1 Å². The van der Waals surface area contributed by atoms with Crippen molar-refractivity contribution in [1.82, 2.24) is 0 Å². The molecule has 0 radical (unpaired) electrons. The number of amides is 1. The lowest BCUT2D eigenvalue weighted by atomic mass is 10.1. The summed E-state index contributed by atoms with van der Waals surface area (Å²) >= 11 is 7.79. The van der Waals surface area contributed by atoms with E-state index in [-0.39, 0.29) is 5.91 Å². The van der Waals surface area contributed by atoms with E-state index in [4.69, 9.17) is 11.6 Å². The number of hydrogen-bond acceptors (Lipinski definition) is 2. The van der Waals surface area contributed by atoms with Crippen LogP contribution >= 0.6 is 23.4 Å². The van der Waals surface area contributed by atoms with Gasteiger partial charge in [-0.3, -0.25) is 4.79 Å². The average Bonchev–Trinajstić information content (AvgIpc) is 2.69. The quantitative estimate of drug-likeness (QED) is 0.774. The molecular formula is C16H14ClNOS. The number of thioether (sulfide) groups is 1. The largest absolute Gasteiger partial charge is 0.307 e. The summed E-state index contributed by atoms with van der Waals surface area (Å²) in [6.45, 7) is 0.745. The summed E-state index contributed by atoms with van der Waals surface area (Å²) in [5.41, 5.74) is 1.64. The maximum Gasteiger partial charge on any atom is 0.258 e. The topological polar surface area (TPSA) is 20.3 Å². The highest BCUT2D eigenvalue weighted by atomic mass is 35.5. The molecule has 2 nitrogen and oxygen atoms in total. The third kappa shape index (κ3) is 2.69. The molecule has 0 saturated heterocycles. The van der Waals surface area contributed by atoms with Gasteiger partial charge >= 0.3 is 0 Å². The van der Waals surface area contributed by atoms with Crippen molar-refractivity contribution < 1.29 is 4.79 Å². The van der Waals surface area contributed by atoms with E-state index in [1.54, 1.807) is 12.1 Å². The fraction of sp³-hybridized carbons (Fsp3) is 0.188. The number of fused-ring (bicyclic) bond motifs is 1. The summed E-state index contributed by atoms with van der Waals surface area (Å²) < 4.78 is 0. The van der Waals surface area contributed by atoms with Gasteiger partial charge in [-0.05, 0) is 42.5 Å². The van der Waals surface area contributed by atoms with Crippen molar-refractivity contribution >= 4 is 35.0 Å². The van der Waals surface area contributed by atoms with Crippen LogP contribution in [0.5, 0.6) is 0 Å². The molecule has 102 valence electrons. The van der Waals surface area contributed by atoms with Crippen molar-refractivity contribution in [3.63, 3.8) is 0 Å². The fourth-order valence-electron chi connectivity index (χ4n) is 2.32. The Morgan fingerprint density at radius 1 is 1.15 bits per heavy atom. The summed E-state index contributed by atoms with van der Waals surface area (Å²) in [5.74, 6) is 1.05. The van der Waals surface area contributed by atoms with Crippen molar-refractivity contribution in [2.75, 3.05) is 17.2 Å². The molecule has 0 fully saturated rings. The Morgan fingerprint density at radius 2 is 2.00 bits per heavy atom. The Morgan fingerprint density at radius 3 is 2.85 bits per heavy atom. The Balaban J connectivity index is 1.99. The maximum atomic E-state index is 12.7. The van der Waals surface area contributed by atoms with Crippen molar-refractivity contribution in [1.29, 1.82) is 0 Å². The lowest BCUT2D eigenvalue weighted by Crippen LogP contribution is -2.31. The lowest BCUT2D eigenvalue weighted by molar-refractivity contribution is 0.0986. The third-order valence-electron chi connectivity index (χ3n) is 3.26. The van der Waals surface area contributed by atoms with E-state index in [1.807, 2.05) is 47.0 Å². The first kappa shape index (κ1) is 13.5. The Bertz CT molecular complexity index is 644. The van der Waals surface area contributed by atoms with Crippen molar-refractivity contribution in [3.8, 4) is 0 Å². The van der Waals surface area contributed by atoms with Gasteiger partial charge in [0.05, 0.1) is 5.69 Å². The minimum atomic E-state index is 0.0162. The average molecular weight is 304 g/mol. The summed E-state index contributed by atoms with van der Waals surface area (Å²) in [6, 6.07) is 15.2. The minimum absolute atomic E-state index is 0.0162. The number of anilines is 1. The van der Waals surface area contributed by atoms with Crippen LogP contribution in [0.25, 0.3) is 0 Å². The van der Waals surface area contributed by atoms with Gasteiger partial charge in [-0.25, -0.2) is 0 Å². The molecule has 0 bridgehead atoms. The molecule has 20 heavy (non-hydrogen) atoms. The SMILES string of the molecule is O=C(c1cccc(Cl)c1)N1CCCSc2ccccc21. The first-order valence-electron chi connectivity index (χ1n) is 6.55. The smallest absolute Gasteiger partial charge is 0.258 e. The number of rotatable bonds is 1. The first-order chi connectivity index (χ1) is 9.75. The Kier molecular flexibility index (Phi) is 3.99. The molecule has 1 aliphatic rings. The van der Waals surface area contributed by atoms with Crippen LogP contribution in [-0.2, 0) is 0 Å². The highest BCUT2D eigenvalue weighted by Crippen LogP contribution is 2.34. The summed E-state index contributed by atoms with van der Waals surface area (Å²) in [4.78, 5) is 15.8. The molecule has 1 heterocycles.